The minimum Gasteiger partial charge on any atom is -0.452 e. The fourth-order valence-electron chi connectivity index (χ4n) is 2.38. The standard InChI is InChI=1S/C15H17Cl2NO3/c16-10-6-7-13(17)12(8-10)15(20)21-9-14(19)18-11-4-2-1-3-5-11/h6-8,11H,1-5,9H2,(H,18,19). The van der Waals surface area contributed by atoms with Crippen LogP contribution >= 0.6 is 23.2 Å². The Morgan fingerprint density at radius 1 is 1.19 bits per heavy atom. The molecule has 0 aromatic heterocycles. The molecule has 0 bridgehead atoms. The highest BCUT2D eigenvalue weighted by Crippen LogP contribution is 2.21. The van der Waals surface area contributed by atoms with Gasteiger partial charge in [0.2, 0.25) is 0 Å². The van der Waals surface area contributed by atoms with Gasteiger partial charge in [0.25, 0.3) is 5.91 Å². The van der Waals surface area contributed by atoms with Gasteiger partial charge in [-0.3, -0.25) is 4.79 Å². The normalized spacial score (nSPS) is 15.5. The molecule has 1 aliphatic rings. The van der Waals surface area contributed by atoms with E-state index in [1.54, 1.807) is 6.07 Å². The number of amides is 1. The maximum absolute atomic E-state index is 11.9. The van der Waals surface area contributed by atoms with Gasteiger partial charge in [0.1, 0.15) is 0 Å². The average Bonchev–Trinajstić information content (AvgIpc) is 2.48. The van der Waals surface area contributed by atoms with E-state index in [1.807, 2.05) is 0 Å². The lowest BCUT2D eigenvalue weighted by molar-refractivity contribution is -0.125. The molecule has 1 aromatic carbocycles. The Hall–Kier alpha value is -1.26. The van der Waals surface area contributed by atoms with Crippen molar-refractivity contribution in [3.05, 3.63) is 33.8 Å². The Morgan fingerprint density at radius 3 is 2.62 bits per heavy atom. The predicted molar refractivity (Wildman–Crippen MR) is 81.8 cm³/mol. The fraction of sp³-hybridized carbons (Fsp3) is 0.467. The largest absolute Gasteiger partial charge is 0.452 e. The van der Waals surface area contributed by atoms with Gasteiger partial charge in [-0.2, -0.15) is 0 Å². The lowest BCUT2D eigenvalue weighted by Gasteiger charge is -2.22. The molecule has 0 heterocycles. The highest BCUT2D eigenvalue weighted by atomic mass is 35.5. The van der Waals surface area contributed by atoms with Crippen molar-refractivity contribution in [3.63, 3.8) is 0 Å². The van der Waals surface area contributed by atoms with Crippen molar-refractivity contribution >= 4 is 35.1 Å². The van der Waals surface area contributed by atoms with E-state index >= 15 is 0 Å². The molecule has 1 saturated carbocycles. The molecule has 0 atom stereocenters. The molecule has 0 spiro atoms. The van der Waals surface area contributed by atoms with E-state index in [4.69, 9.17) is 27.9 Å². The zero-order valence-corrected chi connectivity index (χ0v) is 13.0. The van der Waals surface area contributed by atoms with Crippen LogP contribution < -0.4 is 5.32 Å². The molecule has 1 aliphatic carbocycles. The highest BCUT2D eigenvalue weighted by Gasteiger charge is 2.18. The number of carbonyl (C=O) groups excluding carboxylic acids is 2. The molecular formula is C15H17Cl2NO3. The third kappa shape index (κ3) is 4.90. The van der Waals surface area contributed by atoms with Crippen molar-refractivity contribution in [3.8, 4) is 0 Å². The topological polar surface area (TPSA) is 55.4 Å². The summed E-state index contributed by atoms with van der Waals surface area (Å²) in [6.07, 6.45) is 5.44. The number of benzene rings is 1. The lowest BCUT2D eigenvalue weighted by Crippen LogP contribution is -2.38. The first kappa shape index (κ1) is 16.1. The monoisotopic (exact) mass is 329 g/mol. The van der Waals surface area contributed by atoms with Crippen LogP contribution in [0.3, 0.4) is 0 Å². The van der Waals surface area contributed by atoms with Crippen LogP contribution in [0.25, 0.3) is 0 Å². The van der Waals surface area contributed by atoms with Crippen LogP contribution in [-0.2, 0) is 9.53 Å². The van der Waals surface area contributed by atoms with Gasteiger partial charge in [-0.25, -0.2) is 4.79 Å². The first-order valence-corrected chi connectivity index (χ1v) is 7.73. The Balaban J connectivity index is 1.82. The molecule has 2 rings (SSSR count). The molecule has 1 amide bonds. The number of hydrogen-bond acceptors (Lipinski definition) is 3. The highest BCUT2D eigenvalue weighted by molar-refractivity contribution is 6.35. The smallest absolute Gasteiger partial charge is 0.340 e. The van der Waals surface area contributed by atoms with E-state index in [1.165, 1.54) is 18.6 Å². The molecule has 6 heteroatoms. The first-order valence-electron chi connectivity index (χ1n) is 6.98. The summed E-state index contributed by atoms with van der Waals surface area (Å²) in [5, 5.41) is 3.51. The van der Waals surface area contributed by atoms with Gasteiger partial charge in [0.15, 0.2) is 6.61 Å². The Bertz CT molecular complexity index is 528. The zero-order chi connectivity index (χ0) is 15.2. The zero-order valence-electron chi connectivity index (χ0n) is 11.5. The average molecular weight is 330 g/mol. The minimum absolute atomic E-state index is 0.162. The van der Waals surface area contributed by atoms with Crippen molar-refractivity contribution in [1.29, 1.82) is 0 Å². The van der Waals surface area contributed by atoms with Crippen molar-refractivity contribution in [2.45, 2.75) is 38.1 Å². The quantitative estimate of drug-likeness (QED) is 0.858. The predicted octanol–water partition coefficient (Wildman–Crippen LogP) is 3.60. The van der Waals surface area contributed by atoms with Crippen LogP contribution in [0.2, 0.25) is 10.0 Å². The molecule has 0 aliphatic heterocycles. The van der Waals surface area contributed by atoms with Crippen molar-refractivity contribution in [2.75, 3.05) is 6.61 Å². The summed E-state index contributed by atoms with van der Waals surface area (Å²) in [6.45, 7) is -0.307. The number of rotatable bonds is 4. The number of hydrogen-bond donors (Lipinski definition) is 1. The van der Waals surface area contributed by atoms with E-state index in [9.17, 15) is 9.59 Å². The molecule has 1 aromatic rings. The minimum atomic E-state index is -0.652. The molecule has 0 saturated heterocycles. The maximum atomic E-state index is 11.9. The van der Waals surface area contributed by atoms with Crippen LogP contribution in [0, 0.1) is 0 Å². The summed E-state index contributed by atoms with van der Waals surface area (Å²) in [6, 6.07) is 4.71. The Kier molecular flexibility index (Phi) is 5.88. The summed E-state index contributed by atoms with van der Waals surface area (Å²) in [5.41, 5.74) is 0.162. The first-order chi connectivity index (χ1) is 10.1. The number of nitrogens with one attached hydrogen (secondary N) is 1. The molecule has 1 N–H and O–H groups in total. The fourth-order valence-corrected chi connectivity index (χ4v) is 2.75. The van der Waals surface area contributed by atoms with Crippen LogP contribution in [-0.4, -0.2) is 24.5 Å². The number of halogens is 2. The van der Waals surface area contributed by atoms with Crippen molar-refractivity contribution in [1.82, 2.24) is 5.32 Å². The summed E-state index contributed by atoms with van der Waals surface area (Å²) in [7, 11) is 0. The Morgan fingerprint density at radius 2 is 1.90 bits per heavy atom. The van der Waals surface area contributed by atoms with Gasteiger partial charge in [-0.1, -0.05) is 42.5 Å². The molecule has 4 nitrogen and oxygen atoms in total. The SMILES string of the molecule is O=C(COC(=O)c1cc(Cl)ccc1Cl)NC1CCCCC1. The summed E-state index contributed by atoms with van der Waals surface area (Å²) >= 11 is 11.7. The van der Waals surface area contributed by atoms with E-state index in [2.05, 4.69) is 5.32 Å². The maximum Gasteiger partial charge on any atom is 0.340 e. The molecule has 0 unspecified atom stereocenters. The van der Waals surface area contributed by atoms with E-state index in [-0.39, 0.29) is 29.1 Å². The number of carbonyl (C=O) groups is 2. The van der Waals surface area contributed by atoms with E-state index < -0.39 is 5.97 Å². The van der Waals surface area contributed by atoms with E-state index in [0.717, 1.165) is 25.7 Å². The molecule has 0 radical (unpaired) electrons. The third-order valence-electron chi connectivity index (χ3n) is 3.45. The lowest BCUT2D eigenvalue weighted by atomic mass is 9.95. The van der Waals surface area contributed by atoms with E-state index in [0.29, 0.717) is 5.02 Å². The van der Waals surface area contributed by atoms with Gasteiger partial charge in [-0.05, 0) is 31.0 Å². The second-order valence-corrected chi connectivity index (χ2v) is 5.95. The second-order valence-electron chi connectivity index (χ2n) is 5.10. The third-order valence-corrected chi connectivity index (χ3v) is 4.02. The summed E-state index contributed by atoms with van der Waals surface area (Å²) < 4.78 is 4.97. The van der Waals surface area contributed by atoms with Gasteiger partial charge in [0.05, 0.1) is 10.6 Å². The number of ether oxygens (including phenoxy) is 1. The van der Waals surface area contributed by atoms with Crippen LogP contribution in [0.5, 0.6) is 0 Å². The van der Waals surface area contributed by atoms with Crippen molar-refractivity contribution in [2.24, 2.45) is 0 Å². The van der Waals surface area contributed by atoms with Gasteiger partial charge in [-0.15, -0.1) is 0 Å². The van der Waals surface area contributed by atoms with Crippen LogP contribution in [0.15, 0.2) is 18.2 Å². The molecule has 114 valence electrons. The summed E-state index contributed by atoms with van der Waals surface area (Å²) in [5.74, 6) is -0.935. The molecule has 1 fully saturated rings. The van der Waals surface area contributed by atoms with Crippen molar-refractivity contribution < 1.29 is 14.3 Å². The van der Waals surface area contributed by atoms with Crippen LogP contribution in [0.1, 0.15) is 42.5 Å². The Labute approximate surface area is 133 Å². The molecule has 21 heavy (non-hydrogen) atoms. The molecular weight excluding hydrogens is 313 g/mol. The number of esters is 1. The second kappa shape index (κ2) is 7.66. The van der Waals surface area contributed by atoms with Gasteiger partial charge >= 0.3 is 5.97 Å². The summed E-state index contributed by atoms with van der Waals surface area (Å²) in [4.78, 5) is 23.6. The van der Waals surface area contributed by atoms with Gasteiger partial charge < -0.3 is 10.1 Å². The van der Waals surface area contributed by atoms with Crippen LogP contribution in [0.4, 0.5) is 0 Å². The van der Waals surface area contributed by atoms with Gasteiger partial charge in [0, 0.05) is 11.1 Å².